The quantitative estimate of drug-likeness (QED) is 0.636. The van der Waals surface area contributed by atoms with E-state index >= 15 is 0 Å². The largest absolute Gasteiger partial charge is 0.497 e. The normalized spacial score (nSPS) is 10.5. The molecule has 0 bridgehead atoms. The van der Waals surface area contributed by atoms with Crippen LogP contribution >= 0.6 is 11.3 Å². The van der Waals surface area contributed by atoms with Crippen molar-refractivity contribution < 1.29 is 9.53 Å². The smallest absolute Gasteiger partial charge is 0.228 e. The Hall–Kier alpha value is -2.66. The molecule has 0 fully saturated rings. The van der Waals surface area contributed by atoms with Gasteiger partial charge in [-0.15, -0.1) is 11.3 Å². The van der Waals surface area contributed by atoms with Gasteiger partial charge in [0, 0.05) is 25.4 Å². The molecule has 1 aromatic heterocycles. The Labute approximate surface area is 158 Å². The summed E-state index contributed by atoms with van der Waals surface area (Å²) in [5.41, 5.74) is 3.15. The van der Waals surface area contributed by atoms with E-state index in [1.54, 1.807) is 23.3 Å². The fraction of sp³-hybridized carbons (Fsp3) is 0.238. The Kier molecular flexibility index (Phi) is 6.02. The van der Waals surface area contributed by atoms with E-state index in [1.807, 2.05) is 54.9 Å². The molecule has 0 unspecified atom stereocenters. The number of carbonyl (C=O) groups excluding carboxylic acids is 1. The van der Waals surface area contributed by atoms with Crippen molar-refractivity contribution >= 4 is 17.2 Å². The van der Waals surface area contributed by atoms with Gasteiger partial charge in [-0.2, -0.15) is 0 Å². The Morgan fingerprint density at radius 3 is 2.50 bits per heavy atom. The van der Waals surface area contributed by atoms with Crippen LogP contribution in [0.5, 0.6) is 5.75 Å². The number of aromatic nitrogens is 1. The van der Waals surface area contributed by atoms with Crippen molar-refractivity contribution in [1.82, 2.24) is 9.88 Å². The zero-order valence-corrected chi connectivity index (χ0v) is 15.8. The molecule has 0 spiro atoms. The number of ether oxygens (including phenoxy) is 1. The fourth-order valence-corrected chi connectivity index (χ4v) is 3.49. The Bertz CT molecular complexity index is 844. The highest BCUT2D eigenvalue weighted by molar-refractivity contribution is 7.09. The third-order valence-corrected chi connectivity index (χ3v) is 5.03. The van der Waals surface area contributed by atoms with Gasteiger partial charge in [-0.3, -0.25) is 4.79 Å². The van der Waals surface area contributed by atoms with E-state index in [2.05, 4.69) is 17.1 Å². The zero-order chi connectivity index (χ0) is 18.4. The van der Waals surface area contributed by atoms with E-state index in [-0.39, 0.29) is 5.91 Å². The lowest BCUT2D eigenvalue weighted by Crippen LogP contribution is -2.27. The maximum atomic E-state index is 12.5. The van der Waals surface area contributed by atoms with Crippen LogP contribution in [0.2, 0.25) is 0 Å². The molecule has 0 atom stereocenters. The van der Waals surface area contributed by atoms with E-state index in [9.17, 15) is 4.79 Å². The summed E-state index contributed by atoms with van der Waals surface area (Å²) in [6.07, 6.45) is 1.14. The second-order valence-electron chi connectivity index (χ2n) is 6.17. The van der Waals surface area contributed by atoms with Gasteiger partial charge in [0.2, 0.25) is 5.91 Å². The number of hydrogen-bond acceptors (Lipinski definition) is 4. The maximum Gasteiger partial charge on any atom is 0.228 e. The number of thiazole rings is 1. The van der Waals surface area contributed by atoms with Crippen LogP contribution in [0.15, 0.2) is 60.0 Å². The first kappa shape index (κ1) is 18.1. The van der Waals surface area contributed by atoms with Crippen molar-refractivity contribution in [2.24, 2.45) is 0 Å². The molecule has 0 saturated heterocycles. The molecule has 26 heavy (non-hydrogen) atoms. The van der Waals surface area contributed by atoms with E-state index in [0.29, 0.717) is 13.0 Å². The minimum absolute atomic E-state index is 0.0670. The number of likely N-dealkylation sites (N-methyl/N-ethyl adjacent to an activating group) is 1. The minimum atomic E-state index is 0.0670. The van der Waals surface area contributed by atoms with Gasteiger partial charge in [0.05, 0.1) is 24.2 Å². The molecule has 4 nitrogen and oxygen atoms in total. The molecular weight excluding hydrogens is 344 g/mol. The molecule has 0 aliphatic rings. The number of amides is 1. The van der Waals surface area contributed by atoms with Crippen molar-refractivity contribution in [2.45, 2.75) is 19.4 Å². The summed E-state index contributed by atoms with van der Waals surface area (Å²) in [5.74, 6) is 0.883. The predicted octanol–water partition coefficient (Wildman–Crippen LogP) is 3.94. The number of rotatable bonds is 7. The standard InChI is InChI=1S/C21H22N2O2S/c1-23(14-17-8-10-19(25-2)11-9-17)21(24)13-18-15-26-20(22-18)12-16-6-4-3-5-7-16/h3-11,15H,12-14H2,1-2H3. The van der Waals surface area contributed by atoms with Crippen LogP contribution in [0.4, 0.5) is 0 Å². The van der Waals surface area contributed by atoms with Gasteiger partial charge in [-0.1, -0.05) is 42.5 Å². The highest BCUT2D eigenvalue weighted by Gasteiger charge is 2.13. The van der Waals surface area contributed by atoms with Crippen LogP contribution in [0.25, 0.3) is 0 Å². The van der Waals surface area contributed by atoms with Gasteiger partial charge in [0.1, 0.15) is 5.75 Å². The van der Waals surface area contributed by atoms with Crippen LogP contribution in [-0.2, 0) is 24.2 Å². The Morgan fingerprint density at radius 1 is 1.08 bits per heavy atom. The first-order valence-electron chi connectivity index (χ1n) is 8.48. The summed E-state index contributed by atoms with van der Waals surface area (Å²) in [6.45, 7) is 0.573. The van der Waals surface area contributed by atoms with Crippen molar-refractivity contribution in [3.8, 4) is 5.75 Å². The molecule has 0 aliphatic heterocycles. The molecule has 134 valence electrons. The second-order valence-corrected chi connectivity index (χ2v) is 7.11. The van der Waals surface area contributed by atoms with Crippen LogP contribution in [0.3, 0.4) is 0 Å². The summed E-state index contributed by atoms with van der Waals surface area (Å²) in [7, 11) is 3.47. The molecule has 0 N–H and O–H groups in total. The molecule has 5 heteroatoms. The summed E-state index contributed by atoms with van der Waals surface area (Å²) >= 11 is 1.61. The zero-order valence-electron chi connectivity index (χ0n) is 15.0. The molecule has 1 heterocycles. The predicted molar refractivity (Wildman–Crippen MR) is 105 cm³/mol. The Morgan fingerprint density at radius 2 is 1.81 bits per heavy atom. The Balaban J connectivity index is 1.55. The van der Waals surface area contributed by atoms with Crippen LogP contribution in [0, 0.1) is 0 Å². The third-order valence-electron chi connectivity index (χ3n) is 4.13. The monoisotopic (exact) mass is 366 g/mol. The van der Waals surface area contributed by atoms with Gasteiger partial charge in [0.25, 0.3) is 0 Å². The van der Waals surface area contributed by atoms with Crippen molar-refractivity contribution in [3.63, 3.8) is 0 Å². The summed E-state index contributed by atoms with van der Waals surface area (Å²) < 4.78 is 5.16. The lowest BCUT2D eigenvalue weighted by atomic mass is 10.2. The van der Waals surface area contributed by atoms with Crippen LogP contribution in [-0.4, -0.2) is 29.9 Å². The second kappa shape index (κ2) is 8.63. The van der Waals surface area contributed by atoms with Gasteiger partial charge < -0.3 is 9.64 Å². The van der Waals surface area contributed by atoms with Gasteiger partial charge in [0.15, 0.2) is 0 Å². The highest BCUT2D eigenvalue weighted by atomic mass is 32.1. The van der Waals surface area contributed by atoms with Crippen molar-refractivity contribution in [3.05, 3.63) is 81.8 Å². The van der Waals surface area contributed by atoms with Crippen molar-refractivity contribution in [1.29, 1.82) is 0 Å². The average molecular weight is 366 g/mol. The first-order chi connectivity index (χ1) is 12.6. The van der Waals surface area contributed by atoms with Crippen LogP contribution in [0.1, 0.15) is 21.8 Å². The molecule has 3 rings (SSSR count). The SMILES string of the molecule is COc1ccc(CN(C)C(=O)Cc2csc(Cc3ccccc3)n2)cc1. The number of nitrogens with zero attached hydrogens (tertiary/aromatic N) is 2. The number of methoxy groups -OCH3 is 1. The lowest BCUT2D eigenvalue weighted by molar-refractivity contribution is -0.129. The molecule has 0 saturated carbocycles. The van der Waals surface area contributed by atoms with E-state index < -0.39 is 0 Å². The first-order valence-corrected chi connectivity index (χ1v) is 9.36. The third kappa shape index (κ3) is 4.92. The topological polar surface area (TPSA) is 42.4 Å². The summed E-state index contributed by atoms with van der Waals surface area (Å²) in [4.78, 5) is 18.8. The molecule has 0 aliphatic carbocycles. The van der Waals surface area contributed by atoms with Crippen molar-refractivity contribution in [2.75, 3.05) is 14.2 Å². The average Bonchev–Trinajstić information content (AvgIpc) is 3.10. The lowest BCUT2D eigenvalue weighted by Gasteiger charge is -2.17. The van der Waals surface area contributed by atoms with Crippen LogP contribution < -0.4 is 4.74 Å². The highest BCUT2D eigenvalue weighted by Crippen LogP contribution is 2.16. The molecular formula is C21H22N2O2S. The van der Waals surface area contributed by atoms with Gasteiger partial charge in [-0.05, 0) is 23.3 Å². The van der Waals surface area contributed by atoms with Gasteiger partial charge >= 0.3 is 0 Å². The number of hydrogen-bond donors (Lipinski definition) is 0. The summed E-state index contributed by atoms with van der Waals surface area (Å²) in [6, 6.07) is 18.0. The van der Waals surface area contributed by atoms with E-state index in [4.69, 9.17) is 4.74 Å². The molecule has 1 amide bonds. The minimum Gasteiger partial charge on any atom is -0.497 e. The maximum absolute atomic E-state index is 12.5. The number of carbonyl (C=O) groups is 1. The fourth-order valence-electron chi connectivity index (χ4n) is 2.66. The van der Waals surface area contributed by atoms with E-state index in [1.165, 1.54) is 5.56 Å². The molecule has 0 radical (unpaired) electrons. The van der Waals surface area contributed by atoms with E-state index in [0.717, 1.165) is 28.4 Å². The van der Waals surface area contributed by atoms with Gasteiger partial charge in [-0.25, -0.2) is 4.98 Å². The summed E-state index contributed by atoms with van der Waals surface area (Å²) in [5, 5.41) is 3.02. The molecule has 3 aromatic rings. The number of benzene rings is 2. The molecule has 2 aromatic carbocycles.